The second-order valence-electron chi connectivity index (χ2n) is 4.15. The van der Waals surface area contributed by atoms with Crippen LogP contribution in [-0.2, 0) is 4.74 Å². The summed E-state index contributed by atoms with van der Waals surface area (Å²) in [5.74, 6) is 0. The number of ether oxygens (including phenoxy) is 1. The minimum atomic E-state index is -0.156. The molecule has 0 aliphatic carbocycles. The monoisotopic (exact) mass is 230 g/mol. The maximum absolute atomic E-state index is 6.25. The zero-order chi connectivity index (χ0) is 11.7. The van der Waals surface area contributed by atoms with Crippen LogP contribution in [0.3, 0.4) is 0 Å². The standard InChI is InChI=1S/C12H14N4O/c13-12(9-2-1-5-17-8-9)10-6-15-16-4-3-14-7-11(10)16/h3-4,6-8,12H,1-2,5,13H2. The Balaban J connectivity index is 2.00. The molecule has 5 nitrogen and oxygen atoms in total. The number of fused-ring (bicyclic) bond motifs is 1. The van der Waals surface area contributed by atoms with Gasteiger partial charge in [-0.1, -0.05) is 0 Å². The highest BCUT2D eigenvalue weighted by Gasteiger charge is 2.18. The summed E-state index contributed by atoms with van der Waals surface area (Å²) in [4.78, 5) is 4.11. The first-order valence-electron chi connectivity index (χ1n) is 5.69. The molecule has 2 aromatic rings. The Morgan fingerprint density at radius 1 is 1.41 bits per heavy atom. The van der Waals surface area contributed by atoms with Crippen molar-refractivity contribution in [2.45, 2.75) is 18.9 Å². The van der Waals surface area contributed by atoms with E-state index >= 15 is 0 Å². The first-order chi connectivity index (χ1) is 8.36. The van der Waals surface area contributed by atoms with Gasteiger partial charge in [-0.2, -0.15) is 5.10 Å². The number of hydrogen-bond acceptors (Lipinski definition) is 4. The highest BCUT2D eigenvalue weighted by Crippen LogP contribution is 2.27. The van der Waals surface area contributed by atoms with E-state index in [1.54, 1.807) is 29.4 Å². The molecule has 0 fully saturated rings. The molecule has 2 N–H and O–H groups in total. The Hall–Kier alpha value is -1.88. The molecule has 1 aliphatic rings. The van der Waals surface area contributed by atoms with Gasteiger partial charge in [-0.05, 0) is 18.4 Å². The predicted octanol–water partition coefficient (Wildman–Crippen LogP) is 1.42. The summed E-state index contributed by atoms with van der Waals surface area (Å²) in [5, 5.41) is 4.26. The third-order valence-corrected chi connectivity index (χ3v) is 3.05. The molecule has 0 amide bonds. The summed E-state index contributed by atoms with van der Waals surface area (Å²) in [6.07, 6.45) is 10.9. The van der Waals surface area contributed by atoms with Crippen molar-refractivity contribution in [2.75, 3.05) is 6.61 Å². The summed E-state index contributed by atoms with van der Waals surface area (Å²) >= 11 is 0. The van der Waals surface area contributed by atoms with E-state index < -0.39 is 0 Å². The third-order valence-electron chi connectivity index (χ3n) is 3.05. The van der Waals surface area contributed by atoms with Crippen molar-refractivity contribution >= 4 is 5.52 Å². The van der Waals surface area contributed by atoms with Crippen LogP contribution >= 0.6 is 0 Å². The molecule has 0 radical (unpaired) electrons. The van der Waals surface area contributed by atoms with Crippen LogP contribution in [0.2, 0.25) is 0 Å². The SMILES string of the molecule is NC(C1=COCCC1)c1cnn2ccncc12. The lowest BCUT2D eigenvalue weighted by molar-refractivity contribution is 0.221. The zero-order valence-corrected chi connectivity index (χ0v) is 9.41. The Labute approximate surface area is 98.9 Å². The van der Waals surface area contributed by atoms with Crippen molar-refractivity contribution in [3.63, 3.8) is 0 Å². The molecule has 0 saturated heterocycles. The van der Waals surface area contributed by atoms with Gasteiger partial charge in [0.25, 0.3) is 0 Å². The summed E-state index contributed by atoms with van der Waals surface area (Å²) in [6, 6.07) is -0.156. The maximum Gasteiger partial charge on any atom is 0.0895 e. The van der Waals surface area contributed by atoms with Crippen LogP contribution in [0.15, 0.2) is 36.6 Å². The lowest BCUT2D eigenvalue weighted by Crippen LogP contribution is -2.16. The second-order valence-corrected chi connectivity index (χ2v) is 4.15. The molecule has 1 aliphatic heterocycles. The van der Waals surface area contributed by atoms with Crippen LogP contribution < -0.4 is 5.73 Å². The maximum atomic E-state index is 6.25. The zero-order valence-electron chi connectivity index (χ0n) is 9.41. The highest BCUT2D eigenvalue weighted by molar-refractivity contribution is 5.55. The molecule has 3 rings (SSSR count). The largest absolute Gasteiger partial charge is 0.501 e. The van der Waals surface area contributed by atoms with Gasteiger partial charge in [0.15, 0.2) is 0 Å². The lowest BCUT2D eigenvalue weighted by Gasteiger charge is -2.19. The molecule has 3 heterocycles. The van der Waals surface area contributed by atoms with E-state index in [2.05, 4.69) is 10.1 Å². The van der Waals surface area contributed by atoms with Crippen molar-refractivity contribution in [3.05, 3.63) is 42.2 Å². The minimum absolute atomic E-state index is 0.156. The van der Waals surface area contributed by atoms with Crippen molar-refractivity contribution < 1.29 is 4.74 Å². The van der Waals surface area contributed by atoms with Gasteiger partial charge >= 0.3 is 0 Å². The molecule has 0 bridgehead atoms. The molecule has 88 valence electrons. The Bertz CT molecular complexity index is 560. The topological polar surface area (TPSA) is 65.4 Å². The average Bonchev–Trinajstić information content (AvgIpc) is 2.83. The number of aromatic nitrogens is 3. The molecule has 0 spiro atoms. The number of nitrogens with two attached hydrogens (primary N) is 1. The molecular weight excluding hydrogens is 216 g/mol. The predicted molar refractivity (Wildman–Crippen MR) is 63.2 cm³/mol. The Kier molecular flexibility index (Phi) is 2.53. The van der Waals surface area contributed by atoms with E-state index in [9.17, 15) is 0 Å². The number of nitrogens with zero attached hydrogens (tertiary/aromatic N) is 3. The summed E-state index contributed by atoms with van der Waals surface area (Å²) in [5.41, 5.74) is 9.32. The Morgan fingerprint density at radius 3 is 3.18 bits per heavy atom. The molecule has 0 aromatic carbocycles. The third kappa shape index (κ3) is 1.78. The molecular formula is C12H14N4O. The van der Waals surface area contributed by atoms with Gasteiger partial charge in [0.1, 0.15) is 0 Å². The quantitative estimate of drug-likeness (QED) is 0.847. The van der Waals surface area contributed by atoms with Gasteiger partial charge in [0, 0.05) is 18.0 Å². The first kappa shape index (κ1) is 10.3. The fourth-order valence-corrected chi connectivity index (χ4v) is 2.11. The lowest BCUT2D eigenvalue weighted by atomic mass is 9.97. The number of hydrogen-bond donors (Lipinski definition) is 1. The van der Waals surface area contributed by atoms with Crippen LogP contribution in [0.5, 0.6) is 0 Å². The van der Waals surface area contributed by atoms with Crippen LogP contribution in [-0.4, -0.2) is 21.2 Å². The fourth-order valence-electron chi connectivity index (χ4n) is 2.11. The molecule has 2 aromatic heterocycles. The Morgan fingerprint density at radius 2 is 2.35 bits per heavy atom. The van der Waals surface area contributed by atoms with Crippen LogP contribution in [0.4, 0.5) is 0 Å². The van der Waals surface area contributed by atoms with E-state index in [1.807, 2.05) is 6.20 Å². The highest BCUT2D eigenvalue weighted by atomic mass is 16.5. The molecule has 17 heavy (non-hydrogen) atoms. The van der Waals surface area contributed by atoms with Gasteiger partial charge in [-0.25, -0.2) is 4.52 Å². The number of rotatable bonds is 2. The van der Waals surface area contributed by atoms with Gasteiger partial charge in [-0.3, -0.25) is 4.98 Å². The van der Waals surface area contributed by atoms with Gasteiger partial charge in [-0.15, -0.1) is 0 Å². The van der Waals surface area contributed by atoms with E-state index in [1.165, 1.54) is 0 Å². The van der Waals surface area contributed by atoms with E-state index in [0.717, 1.165) is 36.1 Å². The molecule has 1 atom stereocenters. The molecule has 5 heteroatoms. The van der Waals surface area contributed by atoms with Crippen LogP contribution in [0, 0.1) is 0 Å². The van der Waals surface area contributed by atoms with E-state index in [0.29, 0.717) is 0 Å². The van der Waals surface area contributed by atoms with Crippen LogP contribution in [0.25, 0.3) is 5.52 Å². The fraction of sp³-hybridized carbons (Fsp3) is 0.333. The van der Waals surface area contributed by atoms with Crippen molar-refractivity contribution in [2.24, 2.45) is 5.73 Å². The summed E-state index contributed by atoms with van der Waals surface area (Å²) < 4.78 is 7.11. The summed E-state index contributed by atoms with van der Waals surface area (Å²) in [7, 11) is 0. The van der Waals surface area contributed by atoms with E-state index in [4.69, 9.17) is 10.5 Å². The normalized spacial score (nSPS) is 17.6. The molecule has 0 saturated carbocycles. The summed E-state index contributed by atoms with van der Waals surface area (Å²) in [6.45, 7) is 0.784. The van der Waals surface area contributed by atoms with Crippen LogP contribution in [0.1, 0.15) is 24.4 Å². The van der Waals surface area contributed by atoms with Gasteiger partial charge < -0.3 is 10.5 Å². The minimum Gasteiger partial charge on any atom is -0.501 e. The van der Waals surface area contributed by atoms with Gasteiger partial charge in [0.05, 0.1) is 36.8 Å². The average molecular weight is 230 g/mol. The van der Waals surface area contributed by atoms with Crippen molar-refractivity contribution in [1.29, 1.82) is 0 Å². The van der Waals surface area contributed by atoms with Crippen molar-refractivity contribution in [3.8, 4) is 0 Å². The second kappa shape index (κ2) is 4.18. The van der Waals surface area contributed by atoms with Gasteiger partial charge in [0.2, 0.25) is 0 Å². The van der Waals surface area contributed by atoms with E-state index in [-0.39, 0.29) is 6.04 Å². The van der Waals surface area contributed by atoms with Crippen molar-refractivity contribution in [1.82, 2.24) is 14.6 Å². The smallest absolute Gasteiger partial charge is 0.0895 e. The molecule has 1 unspecified atom stereocenters. The first-order valence-corrected chi connectivity index (χ1v) is 5.69.